The van der Waals surface area contributed by atoms with Gasteiger partial charge in [-0.05, 0) is 12.5 Å². The fraction of sp³-hybridized carbons (Fsp3) is 0.600. The molecule has 0 aliphatic heterocycles. The van der Waals surface area contributed by atoms with Crippen molar-refractivity contribution in [2.45, 2.75) is 45.4 Å². The molecule has 0 spiro atoms. The molecule has 0 aromatic carbocycles. The first-order valence-corrected chi connectivity index (χ1v) is 7.17. The molecule has 1 aromatic rings. The van der Waals surface area contributed by atoms with E-state index >= 15 is 0 Å². The van der Waals surface area contributed by atoms with Crippen LogP contribution in [0.3, 0.4) is 0 Å². The van der Waals surface area contributed by atoms with Crippen LogP contribution in [0.5, 0.6) is 0 Å². The second kappa shape index (κ2) is 5.61. The van der Waals surface area contributed by atoms with Gasteiger partial charge in [-0.25, -0.2) is 0 Å². The molecular weight excluding hydrogens is 270 g/mol. The highest BCUT2D eigenvalue weighted by atomic mass is 16.5. The summed E-state index contributed by atoms with van der Waals surface area (Å²) >= 11 is 0. The third kappa shape index (κ3) is 2.73. The molecule has 2 unspecified atom stereocenters. The van der Waals surface area contributed by atoms with Crippen LogP contribution >= 0.6 is 0 Å². The molecule has 1 saturated carbocycles. The van der Waals surface area contributed by atoms with Crippen molar-refractivity contribution in [1.82, 2.24) is 10.3 Å². The molecule has 0 bridgehead atoms. The van der Waals surface area contributed by atoms with Crippen molar-refractivity contribution in [2.24, 2.45) is 11.1 Å². The zero-order valence-corrected chi connectivity index (χ0v) is 12.7. The normalized spacial score (nSPS) is 27.0. The van der Waals surface area contributed by atoms with E-state index in [-0.39, 0.29) is 17.6 Å². The van der Waals surface area contributed by atoms with Crippen LogP contribution in [-0.2, 0) is 16.1 Å². The van der Waals surface area contributed by atoms with Gasteiger partial charge >= 0.3 is 0 Å². The Kier molecular flexibility index (Phi) is 4.20. The van der Waals surface area contributed by atoms with Crippen LogP contribution in [0.1, 0.15) is 32.8 Å². The van der Waals surface area contributed by atoms with Gasteiger partial charge in [-0.15, -0.1) is 0 Å². The molecule has 1 fully saturated rings. The summed E-state index contributed by atoms with van der Waals surface area (Å²) in [6, 6.07) is 3.11. The third-order valence-electron chi connectivity index (χ3n) is 4.54. The van der Waals surface area contributed by atoms with Gasteiger partial charge in [0, 0.05) is 37.3 Å². The number of aromatic amines is 1. The molecule has 1 aromatic heterocycles. The lowest BCUT2D eigenvalue weighted by Gasteiger charge is -2.57. The number of rotatable bonds is 5. The lowest BCUT2D eigenvalue weighted by Crippen LogP contribution is -2.75. The molecule has 1 amide bonds. The van der Waals surface area contributed by atoms with E-state index in [0.29, 0.717) is 19.6 Å². The molecule has 4 N–H and O–H groups in total. The predicted octanol–water partition coefficient (Wildman–Crippen LogP) is 0.524. The second-order valence-electron chi connectivity index (χ2n) is 6.09. The topological polar surface area (TPSA) is 97.2 Å². The summed E-state index contributed by atoms with van der Waals surface area (Å²) in [6.45, 7) is 6.79. The summed E-state index contributed by atoms with van der Waals surface area (Å²) in [5.74, 6) is -0.186. The van der Waals surface area contributed by atoms with E-state index in [0.717, 1.165) is 5.56 Å². The Labute approximate surface area is 124 Å². The molecule has 6 heteroatoms. The number of carbonyl (C=O) groups excluding carboxylic acids is 1. The Hall–Kier alpha value is -1.66. The molecule has 1 aliphatic rings. The number of amides is 1. The van der Waals surface area contributed by atoms with Gasteiger partial charge < -0.3 is 20.8 Å². The molecule has 6 nitrogen and oxygen atoms in total. The van der Waals surface area contributed by atoms with E-state index in [1.165, 1.54) is 6.07 Å². The van der Waals surface area contributed by atoms with Gasteiger partial charge in [-0.3, -0.25) is 9.59 Å². The van der Waals surface area contributed by atoms with E-state index < -0.39 is 11.0 Å². The summed E-state index contributed by atoms with van der Waals surface area (Å²) in [6.07, 6.45) is 2.11. The van der Waals surface area contributed by atoms with E-state index in [1.807, 2.05) is 20.8 Å². The third-order valence-corrected chi connectivity index (χ3v) is 4.54. The van der Waals surface area contributed by atoms with Crippen molar-refractivity contribution in [3.8, 4) is 0 Å². The van der Waals surface area contributed by atoms with Crippen LogP contribution in [0.25, 0.3) is 0 Å². The molecule has 1 aliphatic carbocycles. The van der Waals surface area contributed by atoms with Gasteiger partial charge in [0.15, 0.2) is 0 Å². The van der Waals surface area contributed by atoms with Gasteiger partial charge in [0.25, 0.3) is 0 Å². The summed E-state index contributed by atoms with van der Waals surface area (Å²) < 4.78 is 5.61. The molecule has 0 saturated heterocycles. The van der Waals surface area contributed by atoms with Gasteiger partial charge in [0.05, 0.1) is 6.10 Å². The molecule has 1 heterocycles. The lowest BCUT2D eigenvalue weighted by molar-refractivity contribution is -0.170. The number of aromatic nitrogens is 1. The van der Waals surface area contributed by atoms with Crippen molar-refractivity contribution in [3.05, 3.63) is 34.2 Å². The van der Waals surface area contributed by atoms with E-state index in [2.05, 4.69) is 10.3 Å². The smallest absolute Gasteiger partial charge is 0.247 e. The highest BCUT2D eigenvalue weighted by Gasteiger charge is 2.62. The molecule has 2 rings (SSSR count). The van der Waals surface area contributed by atoms with Crippen LogP contribution in [-0.4, -0.2) is 29.1 Å². The van der Waals surface area contributed by atoms with Crippen molar-refractivity contribution in [3.63, 3.8) is 0 Å². The average molecular weight is 293 g/mol. The van der Waals surface area contributed by atoms with Crippen LogP contribution in [0, 0.1) is 5.41 Å². The molecular formula is C15H23N3O3. The number of hydrogen-bond donors (Lipinski definition) is 3. The minimum Gasteiger partial charge on any atom is -0.378 e. The van der Waals surface area contributed by atoms with Gasteiger partial charge in [0.2, 0.25) is 11.5 Å². The van der Waals surface area contributed by atoms with Gasteiger partial charge in [-0.2, -0.15) is 0 Å². The van der Waals surface area contributed by atoms with Crippen molar-refractivity contribution in [1.29, 1.82) is 0 Å². The highest BCUT2D eigenvalue weighted by molar-refractivity contribution is 5.88. The maximum Gasteiger partial charge on any atom is 0.247 e. The van der Waals surface area contributed by atoms with Crippen LogP contribution in [0.2, 0.25) is 0 Å². The summed E-state index contributed by atoms with van der Waals surface area (Å²) in [5, 5.41) is 2.84. The number of nitrogens with two attached hydrogens (primary N) is 1. The summed E-state index contributed by atoms with van der Waals surface area (Å²) in [4.78, 5) is 25.9. The Morgan fingerprint density at radius 3 is 2.76 bits per heavy atom. The maximum atomic E-state index is 12.4. The fourth-order valence-corrected chi connectivity index (χ4v) is 2.71. The number of ether oxygens (including phenoxy) is 1. The minimum absolute atomic E-state index is 0.00586. The van der Waals surface area contributed by atoms with Gasteiger partial charge in [-0.1, -0.05) is 19.9 Å². The first-order chi connectivity index (χ1) is 9.81. The average Bonchev–Trinajstić information content (AvgIpc) is 2.45. The molecule has 21 heavy (non-hydrogen) atoms. The molecule has 116 valence electrons. The number of carbonyl (C=O) groups is 1. The number of nitrogens with one attached hydrogen (secondary N) is 2. The zero-order valence-electron chi connectivity index (χ0n) is 12.7. The Balaban J connectivity index is 1.97. The summed E-state index contributed by atoms with van der Waals surface area (Å²) in [5.41, 5.74) is 5.61. The maximum absolute atomic E-state index is 12.4. The van der Waals surface area contributed by atoms with E-state index in [9.17, 15) is 9.59 Å². The second-order valence-corrected chi connectivity index (χ2v) is 6.09. The number of hydrogen-bond acceptors (Lipinski definition) is 4. The SMILES string of the molecule is CCOC1CC(N)(C(=O)NCc2ccc(=O)[nH]c2)C1(C)C. The van der Waals surface area contributed by atoms with Gasteiger partial charge in [0.1, 0.15) is 5.54 Å². The molecule has 0 radical (unpaired) electrons. The van der Waals surface area contributed by atoms with Crippen molar-refractivity contribution < 1.29 is 9.53 Å². The number of H-pyrrole nitrogens is 1. The first kappa shape index (κ1) is 15.7. The number of pyridine rings is 1. The monoisotopic (exact) mass is 293 g/mol. The summed E-state index contributed by atoms with van der Waals surface area (Å²) in [7, 11) is 0. The van der Waals surface area contributed by atoms with Crippen LogP contribution in [0.4, 0.5) is 0 Å². The molecule has 2 atom stereocenters. The van der Waals surface area contributed by atoms with Crippen LogP contribution < -0.4 is 16.6 Å². The van der Waals surface area contributed by atoms with E-state index in [1.54, 1.807) is 12.3 Å². The Morgan fingerprint density at radius 1 is 1.52 bits per heavy atom. The highest BCUT2D eigenvalue weighted by Crippen LogP contribution is 2.49. The van der Waals surface area contributed by atoms with Crippen molar-refractivity contribution in [2.75, 3.05) is 6.61 Å². The van der Waals surface area contributed by atoms with Crippen LogP contribution in [0.15, 0.2) is 23.1 Å². The minimum atomic E-state index is -0.922. The standard InChI is InChI=1S/C15H23N3O3/c1-4-21-11-7-15(16,14(11,2)3)13(20)18-9-10-5-6-12(19)17-8-10/h5-6,8,11H,4,7,9,16H2,1-3H3,(H,17,19)(H,18,20). The fourth-order valence-electron chi connectivity index (χ4n) is 2.71. The first-order valence-electron chi connectivity index (χ1n) is 7.17. The van der Waals surface area contributed by atoms with Crippen molar-refractivity contribution >= 4 is 5.91 Å². The lowest BCUT2D eigenvalue weighted by atomic mass is 9.54. The zero-order chi connectivity index (χ0) is 15.7. The largest absolute Gasteiger partial charge is 0.378 e. The Morgan fingerprint density at radius 2 is 2.24 bits per heavy atom. The van der Waals surface area contributed by atoms with E-state index in [4.69, 9.17) is 10.5 Å². The quantitative estimate of drug-likeness (QED) is 0.737. The Bertz CT molecular complexity index is 561. The predicted molar refractivity (Wildman–Crippen MR) is 79.6 cm³/mol.